The quantitative estimate of drug-likeness (QED) is 0.901. The minimum Gasteiger partial charge on any atom is -0.391 e. The van der Waals surface area contributed by atoms with Crippen molar-refractivity contribution in [2.75, 3.05) is 13.1 Å². The van der Waals surface area contributed by atoms with Gasteiger partial charge in [0, 0.05) is 13.1 Å². The van der Waals surface area contributed by atoms with E-state index < -0.39 is 6.10 Å². The fraction of sp³-hybridized carbons (Fsp3) is 0.611. The van der Waals surface area contributed by atoms with Gasteiger partial charge >= 0.3 is 6.03 Å². The number of aliphatic hydroxyl groups excluding tert-OH is 1. The Balaban J connectivity index is 2.09. The molecule has 1 fully saturated rings. The number of urea groups is 1. The van der Waals surface area contributed by atoms with Crippen molar-refractivity contribution in [1.82, 2.24) is 10.2 Å². The summed E-state index contributed by atoms with van der Waals surface area (Å²) in [6.45, 7) is 9.47. The first-order valence-corrected chi connectivity index (χ1v) is 8.19. The number of piperidine rings is 1. The first-order valence-electron chi connectivity index (χ1n) is 8.19. The van der Waals surface area contributed by atoms with Crippen LogP contribution in [0.4, 0.5) is 4.79 Å². The molecule has 2 rings (SSSR count). The number of nitrogens with one attached hydrogen (secondary N) is 1. The van der Waals surface area contributed by atoms with Gasteiger partial charge < -0.3 is 15.3 Å². The molecule has 3 atom stereocenters. The fourth-order valence-electron chi connectivity index (χ4n) is 3.00. The van der Waals surface area contributed by atoms with Gasteiger partial charge in [0.05, 0.1) is 12.1 Å². The summed E-state index contributed by atoms with van der Waals surface area (Å²) in [6.07, 6.45) is 0.432. The van der Waals surface area contributed by atoms with Crippen LogP contribution in [0.2, 0.25) is 0 Å². The third-order valence-electron chi connectivity index (χ3n) is 4.68. The fourth-order valence-corrected chi connectivity index (χ4v) is 3.00. The van der Waals surface area contributed by atoms with E-state index >= 15 is 0 Å². The predicted molar refractivity (Wildman–Crippen MR) is 88.7 cm³/mol. The molecule has 0 radical (unpaired) electrons. The molecule has 1 aromatic carbocycles. The maximum absolute atomic E-state index is 12.6. The van der Waals surface area contributed by atoms with Crippen LogP contribution in [0.15, 0.2) is 24.3 Å². The van der Waals surface area contributed by atoms with E-state index in [-0.39, 0.29) is 18.0 Å². The van der Waals surface area contributed by atoms with Crippen molar-refractivity contribution in [2.45, 2.75) is 46.3 Å². The Morgan fingerprint density at radius 2 is 2.05 bits per heavy atom. The van der Waals surface area contributed by atoms with Gasteiger partial charge in [0.2, 0.25) is 0 Å². The summed E-state index contributed by atoms with van der Waals surface area (Å²) in [4.78, 5) is 14.3. The summed E-state index contributed by atoms with van der Waals surface area (Å²) in [5, 5.41) is 13.1. The lowest BCUT2D eigenvalue weighted by Gasteiger charge is -2.36. The van der Waals surface area contributed by atoms with E-state index in [1.807, 2.05) is 19.1 Å². The van der Waals surface area contributed by atoms with Gasteiger partial charge in [0.15, 0.2) is 0 Å². The summed E-state index contributed by atoms with van der Waals surface area (Å²) in [6, 6.07) is 8.09. The minimum absolute atomic E-state index is 0.00908. The third kappa shape index (κ3) is 3.80. The number of carbonyl (C=O) groups excluding carboxylic acids is 1. The van der Waals surface area contributed by atoms with E-state index in [9.17, 15) is 9.90 Å². The molecule has 22 heavy (non-hydrogen) atoms. The highest BCUT2D eigenvalue weighted by molar-refractivity contribution is 5.75. The van der Waals surface area contributed by atoms with Crippen molar-refractivity contribution in [1.29, 1.82) is 0 Å². The number of nitrogens with zero attached hydrogens (tertiary/aromatic N) is 1. The monoisotopic (exact) mass is 304 g/mol. The topological polar surface area (TPSA) is 52.6 Å². The Morgan fingerprint density at radius 1 is 1.36 bits per heavy atom. The number of aryl methyl sites for hydroxylation is 1. The van der Waals surface area contributed by atoms with E-state index in [0.717, 1.165) is 12.0 Å². The summed E-state index contributed by atoms with van der Waals surface area (Å²) >= 11 is 0. The van der Waals surface area contributed by atoms with Crippen molar-refractivity contribution in [3.63, 3.8) is 0 Å². The molecule has 4 nitrogen and oxygen atoms in total. The van der Waals surface area contributed by atoms with Crippen LogP contribution < -0.4 is 5.32 Å². The van der Waals surface area contributed by atoms with E-state index in [0.29, 0.717) is 19.0 Å². The molecular weight excluding hydrogens is 276 g/mol. The first-order chi connectivity index (χ1) is 10.4. The molecule has 2 amide bonds. The highest BCUT2D eigenvalue weighted by Crippen LogP contribution is 2.25. The second kappa shape index (κ2) is 7.14. The third-order valence-corrected chi connectivity index (χ3v) is 4.68. The smallest absolute Gasteiger partial charge is 0.317 e. The molecule has 0 bridgehead atoms. The second-order valence-corrected chi connectivity index (χ2v) is 6.81. The molecule has 1 heterocycles. The van der Waals surface area contributed by atoms with Gasteiger partial charge in [-0.2, -0.15) is 0 Å². The number of β-amino-alcohol motifs (C(OH)–C–C–N with tert-alkyl or cyclic N) is 1. The zero-order chi connectivity index (χ0) is 16.3. The van der Waals surface area contributed by atoms with Crippen LogP contribution in [0.1, 0.15) is 44.4 Å². The maximum atomic E-state index is 12.6. The molecule has 1 aliphatic rings. The van der Waals surface area contributed by atoms with Gasteiger partial charge in [-0.05, 0) is 36.3 Å². The van der Waals surface area contributed by atoms with Gasteiger partial charge in [0.1, 0.15) is 0 Å². The first kappa shape index (κ1) is 16.8. The van der Waals surface area contributed by atoms with Crippen LogP contribution in [-0.2, 0) is 0 Å². The Hall–Kier alpha value is -1.55. The summed E-state index contributed by atoms with van der Waals surface area (Å²) < 4.78 is 0. The number of carbonyl (C=O) groups is 1. The van der Waals surface area contributed by atoms with E-state index in [4.69, 9.17) is 0 Å². The number of hydrogen-bond acceptors (Lipinski definition) is 2. The lowest BCUT2D eigenvalue weighted by atomic mass is 9.92. The SMILES string of the molecule is Cc1ccccc1C(NC(=O)N1CCC(C)C(O)C1)C(C)C. The Kier molecular flexibility index (Phi) is 5.46. The lowest BCUT2D eigenvalue weighted by Crippen LogP contribution is -2.50. The molecule has 1 saturated heterocycles. The number of benzene rings is 1. The highest BCUT2D eigenvalue weighted by atomic mass is 16.3. The van der Waals surface area contributed by atoms with Crippen LogP contribution in [-0.4, -0.2) is 35.2 Å². The van der Waals surface area contributed by atoms with Crippen LogP contribution >= 0.6 is 0 Å². The number of likely N-dealkylation sites (tertiary alicyclic amines) is 1. The number of hydrogen-bond donors (Lipinski definition) is 2. The van der Waals surface area contributed by atoms with Crippen molar-refractivity contribution in [3.05, 3.63) is 35.4 Å². The molecule has 0 spiro atoms. The molecule has 122 valence electrons. The number of rotatable bonds is 3. The highest BCUT2D eigenvalue weighted by Gasteiger charge is 2.29. The van der Waals surface area contributed by atoms with Crippen LogP contribution in [0.25, 0.3) is 0 Å². The molecule has 4 heteroatoms. The van der Waals surface area contributed by atoms with Crippen LogP contribution in [0.3, 0.4) is 0 Å². The van der Waals surface area contributed by atoms with Gasteiger partial charge in [0.25, 0.3) is 0 Å². The van der Waals surface area contributed by atoms with Crippen molar-refractivity contribution in [3.8, 4) is 0 Å². The predicted octanol–water partition coefficient (Wildman–Crippen LogP) is 3.10. The van der Waals surface area contributed by atoms with Gasteiger partial charge in [-0.1, -0.05) is 45.0 Å². The summed E-state index contributed by atoms with van der Waals surface area (Å²) in [7, 11) is 0. The Bertz CT molecular complexity index is 516. The average Bonchev–Trinajstić information content (AvgIpc) is 2.48. The Labute approximate surface area is 133 Å². The second-order valence-electron chi connectivity index (χ2n) is 6.81. The largest absolute Gasteiger partial charge is 0.391 e. The molecule has 1 aliphatic heterocycles. The zero-order valence-corrected chi connectivity index (χ0v) is 14.0. The molecule has 1 aromatic rings. The van der Waals surface area contributed by atoms with E-state index in [1.54, 1.807) is 4.90 Å². The van der Waals surface area contributed by atoms with Crippen LogP contribution in [0, 0.1) is 18.8 Å². The molecule has 0 aromatic heterocycles. The zero-order valence-electron chi connectivity index (χ0n) is 14.0. The van der Waals surface area contributed by atoms with Gasteiger partial charge in [-0.25, -0.2) is 4.79 Å². The molecule has 2 N–H and O–H groups in total. The molecular formula is C18H28N2O2. The number of aliphatic hydroxyl groups is 1. The van der Waals surface area contributed by atoms with Gasteiger partial charge in [-0.15, -0.1) is 0 Å². The van der Waals surface area contributed by atoms with Gasteiger partial charge in [-0.3, -0.25) is 0 Å². The molecule has 0 aliphatic carbocycles. The standard InChI is InChI=1S/C18H28N2O2/c1-12(2)17(15-8-6-5-7-13(15)3)19-18(22)20-10-9-14(4)16(21)11-20/h5-8,12,14,16-17,21H,9-11H2,1-4H3,(H,19,22). The van der Waals surface area contributed by atoms with E-state index in [1.165, 1.54) is 5.56 Å². The Morgan fingerprint density at radius 3 is 2.64 bits per heavy atom. The molecule has 0 saturated carbocycles. The van der Waals surface area contributed by atoms with Crippen LogP contribution in [0.5, 0.6) is 0 Å². The number of amides is 2. The van der Waals surface area contributed by atoms with Crippen molar-refractivity contribution in [2.24, 2.45) is 11.8 Å². The minimum atomic E-state index is -0.421. The van der Waals surface area contributed by atoms with E-state index in [2.05, 4.69) is 38.2 Å². The summed E-state index contributed by atoms with van der Waals surface area (Å²) in [5.41, 5.74) is 2.35. The van der Waals surface area contributed by atoms with Crippen molar-refractivity contribution < 1.29 is 9.90 Å². The normalized spacial score (nSPS) is 23.5. The maximum Gasteiger partial charge on any atom is 0.317 e. The average molecular weight is 304 g/mol. The molecule has 3 unspecified atom stereocenters. The summed E-state index contributed by atoms with van der Waals surface area (Å²) in [5.74, 6) is 0.569. The lowest BCUT2D eigenvalue weighted by molar-refractivity contribution is 0.0426. The van der Waals surface area contributed by atoms with Crippen molar-refractivity contribution >= 4 is 6.03 Å².